The average Bonchev–Trinajstić information content (AvgIpc) is 3.32. The molecule has 4 rings (SSSR count). The number of carbonyl (C=O) groups excluding carboxylic acids is 1. The van der Waals surface area contributed by atoms with Crippen LogP contribution in [0.3, 0.4) is 0 Å². The second kappa shape index (κ2) is 10.1. The fourth-order valence-electron chi connectivity index (χ4n) is 4.27. The number of rotatable bonds is 7. The molecule has 0 saturated heterocycles. The van der Waals surface area contributed by atoms with E-state index in [2.05, 4.69) is 39.4 Å². The molecule has 1 aromatic heterocycles. The molecular weight excluding hydrogens is 430 g/mol. The third-order valence-corrected chi connectivity index (χ3v) is 6.08. The minimum Gasteiger partial charge on any atom is -0.490 e. The van der Waals surface area contributed by atoms with Gasteiger partial charge in [0.1, 0.15) is 11.8 Å². The Morgan fingerprint density at radius 2 is 2.15 bits per heavy atom. The van der Waals surface area contributed by atoms with Gasteiger partial charge in [0.05, 0.1) is 11.7 Å². The van der Waals surface area contributed by atoms with Crippen molar-refractivity contribution in [3.8, 4) is 34.7 Å². The van der Waals surface area contributed by atoms with Crippen LogP contribution in [0.5, 0.6) is 5.75 Å². The molecule has 2 heterocycles. The number of nitrogens with one attached hydrogen (secondary N) is 1. The van der Waals surface area contributed by atoms with Gasteiger partial charge in [-0.2, -0.15) is 10.2 Å². The first-order valence-electron chi connectivity index (χ1n) is 11.5. The molecule has 1 amide bonds. The Balaban J connectivity index is 1.55. The molecule has 0 aliphatic carbocycles. The molecule has 0 spiro atoms. The number of carbonyl (C=O) groups is 1. The van der Waals surface area contributed by atoms with E-state index in [-0.39, 0.29) is 12.0 Å². The number of amides is 1. The van der Waals surface area contributed by atoms with Crippen LogP contribution in [0, 0.1) is 18.3 Å². The molecule has 3 aromatic rings. The summed E-state index contributed by atoms with van der Waals surface area (Å²) in [5.74, 6) is 1.49. The van der Waals surface area contributed by atoms with Gasteiger partial charge < -0.3 is 14.6 Å². The van der Waals surface area contributed by atoms with E-state index in [1.54, 1.807) is 19.2 Å². The standard InChI is InChI=1S/C26H29N5O3/c1-16(2)33-23-8-6-18(13-20(23)14-27)26-29-25(30-34-26)22-7-5-19-15-31(12-10-24(32)28-4)11-9-21(19)17(22)3/h5-8,13,16H,9-12,15H2,1-4H3,(H,28,32). The molecule has 0 atom stereocenters. The first-order valence-corrected chi connectivity index (χ1v) is 11.5. The molecule has 0 fully saturated rings. The predicted molar refractivity (Wildman–Crippen MR) is 128 cm³/mol. The summed E-state index contributed by atoms with van der Waals surface area (Å²) in [5.41, 5.74) is 5.77. The number of fused-ring (bicyclic) bond motifs is 1. The highest BCUT2D eigenvalue weighted by molar-refractivity contribution is 5.75. The lowest BCUT2D eigenvalue weighted by atomic mass is 9.91. The number of nitrogens with zero attached hydrogens (tertiary/aromatic N) is 4. The van der Waals surface area contributed by atoms with E-state index in [0.717, 1.165) is 37.2 Å². The number of nitriles is 1. The Kier molecular flexibility index (Phi) is 6.94. The van der Waals surface area contributed by atoms with E-state index in [1.807, 2.05) is 26.0 Å². The molecule has 0 saturated carbocycles. The van der Waals surface area contributed by atoms with Crippen LogP contribution in [0.4, 0.5) is 0 Å². The Hall–Kier alpha value is -3.70. The molecule has 0 unspecified atom stereocenters. The molecule has 2 aromatic carbocycles. The Morgan fingerprint density at radius 3 is 2.88 bits per heavy atom. The van der Waals surface area contributed by atoms with Gasteiger partial charge in [0.15, 0.2) is 0 Å². The number of aromatic nitrogens is 2. The van der Waals surface area contributed by atoms with Crippen LogP contribution in [-0.2, 0) is 17.8 Å². The van der Waals surface area contributed by atoms with Gasteiger partial charge in [-0.15, -0.1) is 0 Å². The van der Waals surface area contributed by atoms with Gasteiger partial charge >= 0.3 is 0 Å². The summed E-state index contributed by atoms with van der Waals surface area (Å²) >= 11 is 0. The average molecular weight is 460 g/mol. The Morgan fingerprint density at radius 1 is 1.32 bits per heavy atom. The van der Waals surface area contributed by atoms with Crippen LogP contribution in [-0.4, -0.2) is 47.2 Å². The zero-order valence-electron chi connectivity index (χ0n) is 20.0. The molecule has 1 aliphatic heterocycles. The van der Waals surface area contributed by atoms with Gasteiger partial charge in [0.2, 0.25) is 11.7 Å². The van der Waals surface area contributed by atoms with Crippen LogP contribution in [0.25, 0.3) is 22.8 Å². The molecule has 1 aliphatic rings. The van der Waals surface area contributed by atoms with Crippen molar-refractivity contribution in [2.75, 3.05) is 20.1 Å². The van der Waals surface area contributed by atoms with Gasteiger partial charge in [0, 0.05) is 44.2 Å². The summed E-state index contributed by atoms with van der Waals surface area (Å²) in [6.07, 6.45) is 1.39. The molecule has 8 heteroatoms. The van der Waals surface area contributed by atoms with Crippen molar-refractivity contribution in [2.24, 2.45) is 0 Å². The zero-order valence-corrected chi connectivity index (χ0v) is 20.0. The van der Waals surface area contributed by atoms with Crippen LogP contribution in [0.2, 0.25) is 0 Å². The topological polar surface area (TPSA) is 104 Å². The normalized spacial score (nSPS) is 13.4. The van der Waals surface area contributed by atoms with Crippen molar-refractivity contribution < 1.29 is 14.1 Å². The van der Waals surface area contributed by atoms with Crippen molar-refractivity contribution in [1.29, 1.82) is 5.26 Å². The van der Waals surface area contributed by atoms with Crippen molar-refractivity contribution >= 4 is 5.91 Å². The maximum atomic E-state index is 11.6. The summed E-state index contributed by atoms with van der Waals surface area (Å²) in [6, 6.07) is 11.6. The lowest BCUT2D eigenvalue weighted by molar-refractivity contribution is -0.121. The SMILES string of the molecule is CNC(=O)CCN1CCc2c(ccc(-c3noc(-c4ccc(OC(C)C)c(C#N)c4)n3)c2C)C1. The van der Waals surface area contributed by atoms with E-state index in [9.17, 15) is 10.1 Å². The van der Waals surface area contributed by atoms with Crippen LogP contribution < -0.4 is 10.1 Å². The van der Waals surface area contributed by atoms with Crippen molar-refractivity contribution in [3.63, 3.8) is 0 Å². The number of hydrogen-bond acceptors (Lipinski definition) is 7. The lowest BCUT2D eigenvalue weighted by Gasteiger charge is -2.30. The van der Waals surface area contributed by atoms with Crippen molar-refractivity contribution in [1.82, 2.24) is 20.4 Å². The molecule has 0 radical (unpaired) electrons. The van der Waals surface area contributed by atoms with Gasteiger partial charge in [-0.3, -0.25) is 9.69 Å². The third kappa shape index (κ3) is 4.95. The first-order chi connectivity index (χ1) is 16.4. The molecule has 0 bridgehead atoms. The van der Waals surface area contributed by atoms with E-state index in [1.165, 1.54) is 11.1 Å². The highest BCUT2D eigenvalue weighted by atomic mass is 16.5. The fourth-order valence-corrected chi connectivity index (χ4v) is 4.27. The Labute approximate surface area is 199 Å². The lowest BCUT2D eigenvalue weighted by Crippen LogP contribution is -2.34. The molecule has 8 nitrogen and oxygen atoms in total. The van der Waals surface area contributed by atoms with Gasteiger partial charge in [-0.25, -0.2) is 0 Å². The molecule has 1 N–H and O–H groups in total. The number of benzene rings is 2. The van der Waals surface area contributed by atoms with Crippen molar-refractivity contribution in [2.45, 2.75) is 46.3 Å². The third-order valence-electron chi connectivity index (χ3n) is 6.08. The second-order valence-electron chi connectivity index (χ2n) is 8.74. The monoisotopic (exact) mass is 459 g/mol. The maximum absolute atomic E-state index is 11.6. The van der Waals surface area contributed by atoms with Crippen molar-refractivity contribution in [3.05, 3.63) is 52.6 Å². The maximum Gasteiger partial charge on any atom is 0.258 e. The van der Waals surface area contributed by atoms with Crippen LogP contribution in [0.15, 0.2) is 34.9 Å². The summed E-state index contributed by atoms with van der Waals surface area (Å²) in [5, 5.41) is 16.4. The van der Waals surface area contributed by atoms with Gasteiger partial charge in [-0.05, 0) is 62.1 Å². The molecule has 176 valence electrons. The smallest absolute Gasteiger partial charge is 0.258 e. The predicted octanol–water partition coefficient (Wildman–Crippen LogP) is 3.87. The first kappa shape index (κ1) is 23.5. The van der Waals surface area contributed by atoms with E-state index in [4.69, 9.17) is 9.26 Å². The van der Waals surface area contributed by atoms with E-state index < -0.39 is 0 Å². The zero-order chi connectivity index (χ0) is 24.2. The van der Waals surface area contributed by atoms with E-state index >= 15 is 0 Å². The largest absolute Gasteiger partial charge is 0.490 e. The summed E-state index contributed by atoms with van der Waals surface area (Å²) in [4.78, 5) is 18.5. The number of ether oxygens (including phenoxy) is 1. The van der Waals surface area contributed by atoms with Gasteiger partial charge in [0.25, 0.3) is 5.89 Å². The minimum atomic E-state index is -0.0251. The Bertz CT molecular complexity index is 1240. The minimum absolute atomic E-state index is 0.0251. The summed E-state index contributed by atoms with van der Waals surface area (Å²) < 4.78 is 11.2. The van der Waals surface area contributed by atoms with E-state index in [0.29, 0.717) is 35.0 Å². The highest BCUT2D eigenvalue weighted by Gasteiger charge is 2.22. The molecule has 34 heavy (non-hydrogen) atoms. The van der Waals surface area contributed by atoms with Gasteiger partial charge in [-0.1, -0.05) is 17.3 Å². The summed E-state index contributed by atoms with van der Waals surface area (Å²) in [7, 11) is 1.67. The summed E-state index contributed by atoms with van der Waals surface area (Å²) in [6.45, 7) is 8.42. The van der Waals surface area contributed by atoms with Crippen LogP contribution in [0.1, 0.15) is 42.5 Å². The highest BCUT2D eigenvalue weighted by Crippen LogP contribution is 2.32. The molecular formula is C26H29N5O3. The van der Waals surface area contributed by atoms with Crippen LogP contribution >= 0.6 is 0 Å². The second-order valence-corrected chi connectivity index (χ2v) is 8.74. The fraction of sp³-hybridized carbons (Fsp3) is 0.385. The number of hydrogen-bond donors (Lipinski definition) is 1. The quantitative estimate of drug-likeness (QED) is 0.572.